The first-order valence-corrected chi connectivity index (χ1v) is 9.03. The first-order valence-electron chi connectivity index (χ1n) is 8.04. The maximum Gasteiger partial charge on any atom is 0.187 e. The van der Waals surface area contributed by atoms with E-state index in [1.54, 1.807) is 24.4 Å². The third kappa shape index (κ3) is 4.98. The van der Waals surface area contributed by atoms with Gasteiger partial charge >= 0.3 is 0 Å². The highest BCUT2D eigenvalue weighted by Gasteiger charge is 2.17. The maximum atomic E-state index is 4.41. The number of rotatable bonds is 7. The lowest BCUT2D eigenvalue weighted by Crippen LogP contribution is -2.46. The first kappa shape index (κ1) is 16.4. The lowest BCUT2D eigenvalue weighted by atomic mass is 10.2. The normalized spacial score (nSPS) is 16.7. The van der Waals surface area contributed by atoms with Crippen molar-refractivity contribution >= 4 is 11.8 Å². The molecule has 124 valence electrons. The van der Waals surface area contributed by atoms with Crippen molar-refractivity contribution in [3.05, 3.63) is 30.6 Å². The molecule has 0 radical (unpaired) electrons. The third-order valence-corrected chi connectivity index (χ3v) is 4.70. The summed E-state index contributed by atoms with van der Waals surface area (Å²) in [5.74, 6) is 1.01. The van der Waals surface area contributed by atoms with E-state index in [4.69, 9.17) is 0 Å². The molecule has 0 saturated carbocycles. The van der Waals surface area contributed by atoms with Gasteiger partial charge in [0.15, 0.2) is 5.16 Å². The summed E-state index contributed by atoms with van der Waals surface area (Å²) in [5, 5.41) is 5.01. The van der Waals surface area contributed by atoms with Gasteiger partial charge in [-0.2, -0.15) is 5.10 Å². The second kappa shape index (κ2) is 8.37. The Morgan fingerprint density at radius 3 is 2.43 bits per heavy atom. The van der Waals surface area contributed by atoms with E-state index in [0.717, 1.165) is 56.7 Å². The monoisotopic (exact) mass is 333 g/mol. The quantitative estimate of drug-likeness (QED) is 0.553. The molecule has 23 heavy (non-hydrogen) atoms. The van der Waals surface area contributed by atoms with Crippen LogP contribution < -0.4 is 0 Å². The maximum absolute atomic E-state index is 4.41. The summed E-state index contributed by atoms with van der Waals surface area (Å²) in [6, 6.07) is 0. The molecular weight excluding hydrogens is 310 g/mol. The van der Waals surface area contributed by atoms with Crippen LogP contribution in [0.2, 0.25) is 0 Å². The fourth-order valence-corrected chi connectivity index (χ4v) is 3.16. The smallest absolute Gasteiger partial charge is 0.187 e. The van der Waals surface area contributed by atoms with Crippen LogP contribution in [-0.2, 0) is 13.1 Å². The van der Waals surface area contributed by atoms with Crippen molar-refractivity contribution in [1.82, 2.24) is 34.5 Å². The SMILES string of the molecule is CCSc1ncc(CN2CCN(CCn3cncn3)CC2)cn1. The molecule has 3 rings (SSSR count). The highest BCUT2D eigenvalue weighted by Crippen LogP contribution is 2.12. The molecular formula is C15H23N7S. The lowest BCUT2D eigenvalue weighted by molar-refractivity contribution is 0.123. The molecule has 0 unspecified atom stereocenters. The zero-order valence-electron chi connectivity index (χ0n) is 13.5. The molecule has 2 aromatic heterocycles. The summed E-state index contributed by atoms with van der Waals surface area (Å²) in [7, 11) is 0. The van der Waals surface area contributed by atoms with Crippen LogP contribution in [0.3, 0.4) is 0 Å². The average Bonchev–Trinajstić information content (AvgIpc) is 3.10. The van der Waals surface area contributed by atoms with Gasteiger partial charge in [-0.05, 0) is 5.75 Å². The topological polar surface area (TPSA) is 63.0 Å². The van der Waals surface area contributed by atoms with Gasteiger partial charge in [-0.25, -0.2) is 15.0 Å². The van der Waals surface area contributed by atoms with E-state index in [1.807, 2.05) is 17.1 Å². The molecule has 0 bridgehead atoms. The van der Waals surface area contributed by atoms with Crippen molar-refractivity contribution in [3.63, 3.8) is 0 Å². The number of thioether (sulfide) groups is 1. The predicted molar refractivity (Wildman–Crippen MR) is 90.2 cm³/mol. The number of nitrogens with zero attached hydrogens (tertiary/aromatic N) is 7. The van der Waals surface area contributed by atoms with E-state index in [-0.39, 0.29) is 0 Å². The molecule has 8 heteroatoms. The lowest BCUT2D eigenvalue weighted by Gasteiger charge is -2.34. The molecule has 2 aromatic rings. The molecule has 7 nitrogen and oxygen atoms in total. The fraction of sp³-hybridized carbons (Fsp3) is 0.600. The Labute approximate surface area is 141 Å². The van der Waals surface area contributed by atoms with E-state index in [2.05, 4.69) is 36.8 Å². The van der Waals surface area contributed by atoms with Gasteiger partial charge in [0, 0.05) is 57.2 Å². The average molecular weight is 333 g/mol. The number of piperazine rings is 1. The van der Waals surface area contributed by atoms with E-state index in [1.165, 1.54) is 5.56 Å². The van der Waals surface area contributed by atoms with Crippen molar-refractivity contribution in [3.8, 4) is 0 Å². The van der Waals surface area contributed by atoms with Gasteiger partial charge in [0.2, 0.25) is 0 Å². The number of aromatic nitrogens is 5. The van der Waals surface area contributed by atoms with Gasteiger partial charge in [-0.3, -0.25) is 14.5 Å². The summed E-state index contributed by atoms with van der Waals surface area (Å²) in [4.78, 5) is 17.7. The van der Waals surface area contributed by atoms with Crippen molar-refractivity contribution in [2.24, 2.45) is 0 Å². The second-order valence-electron chi connectivity index (χ2n) is 5.58. The minimum atomic E-state index is 0.870. The Morgan fingerprint density at radius 1 is 1.04 bits per heavy atom. The van der Waals surface area contributed by atoms with Crippen LogP contribution in [0.4, 0.5) is 0 Å². The summed E-state index contributed by atoms with van der Waals surface area (Å²) < 4.78 is 1.89. The first-order chi connectivity index (χ1) is 11.3. The van der Waals surface area contributed by atoms with Crippen molar-refractivity contribution in [1.29, 1.82) is 0 Å². The third-order valence-electron chi connectivity index (χ3n) is 3.94. The van der Waals surface area contributed by atoms with Gasteiger partial charge in [0.1, 0.15) is 12.7 Å². The molecule has 1 aliphatic heterocycles. The molecule has 0 atom stereocenters. The number of hydrogen-bond donors (Lipinski definition) is 0. The predicted octanol–water partition coefficient (Wildman–Crippen LogP) is 0.998. The molecule has 0 spiro atoms. The van der Waals surface area contributed by atoms with Crippen LogP contribution in [0.5, 0.6) is 0 Å². The molecule has 1 fully saturated rings. The van der Waals surface area contributed by atoms with Gasteiger partial charge in [-0.15, -0.1) is 0 Å². The zero-order valence-corrected chi connectivity index (χ0v) is 14.3. The Bertz CT molecular complexity index is 564. The zero-order chi connectivity index (χ0) is 15.9. The van der Waals surface area contributed by atoms with Crippen LogP contribution in [0, 0.1) is 0 Å². The Balaban J connectivity index is 1.40. The molecule has 0 N–H and O–H groups in total. The summed E-state index contributed by atoms with van der Waals surface area (Å²) >= 11 is 1.68. The van der Waals surface area contributed by atoms with Crippen molar-refractivity contribution in [2.75, 3.05) is 38.5 Å². The molecule has 3 heterocycles. The van der Waals surface area contributed by atoms with E-state index >= 15 is 0 Å². The van der Waals surface area contributed by atoms with Gasteiger partial charge in [-0.1, -0.05) is 18.7 Å². The molecule has 0 aliphatic carbocycles. The molecule has 0 aromatic carbocycles. The Morgan fingerprint density at radius 2 is 1.78 bits per heavy atom. The van der Waals surface area contributed by atoms with Crippen molar-refractivity contribution < 1.29 is 0 Å². The van der Waals surface area contributed by atoms with E-state index < -0.39 is 0 Å². The highest BCUT2D eigenvalue weighted by atomic mass is 32.2. The van der Waals surface area contributed by atoms with Crippen LogP contribution >= 0.6 is 11.8 Å². The highest BCUT2D eigenvalue weighted by molar-refractivity contribution is 7.99. The molecule has 0 amide bonds. The molecule has 1 saturated heterocycles. The number of hydrogen-bond acceptors (Lipinski definition) is 7. The summed E-state index contributed by atoms with van der Waals surface area (Å²) in [6.45, 7) is 9.36. The van der Waals surface area contributed by atoms with Crippen LogP contribution in [-0.4, -0.2) is 73.0 Å². The fourth-order valence-electron chi connectivity index (χ4n) is 2.65. The van der Waals surface area contributed by atoms with Gasteiger partial charge in [0.05, 0.1) is 6.54 Å². The second-order valence-corrected chi connectivity index (χ2v) is 6.81. The van der Waals surface area contributed by atoms with Crippen LogP contribution in [0.1, 0.15) is 12.5 Å². The van der Waals surface area contributed by atoms with E-state index in [9.17, 15) is 0 Å². The largest absolute Gasteiger partial charge is 0.299 e. The minimum Gasteiger partial charge on any atom is -0.299 e. The standard InChI is InChI=1S/C15H23N7S/c1-2-23-15-17-9-14(10-18-15)11-21-5-3-20(4-6-21)7-8-22-13-16-12-19-22/h9-10,12-13H,2-8,11H2,1H3. The van der Waals surface area contributed by atoms with Gasteiger partial charge in [0.25, 0.3) is 0 Å². The molecule has 1 aliphatic rings. The van der Waals surface area contributed by atoms with Crippen molar-refractivity contribution in [2.45, 2.75) is 25.2 Å². The minimum absolute atomic E-state index is 0.870. The summed E-state index contributed by atoms with van der Waals surface area (Å²) in [6.07, 6.45) is 7.28. The van der Waals surface area contributed by atoms with Crippen LogP contribution in [0.15, 0.2) is 30.2 Å². The Hall–Kier alpha value is -1.51. The van der Waals surface area contributed by atoms with Gasteiger partial charge < -0.3 is 0 Å². The van der Waals surface area contributed by atoms with Crippen LogP contribution in [0.25, 0.3) is 0 Å². The summed E-state index contributed by atoms with van der Waals surface area (Å²) in [5.41, 5.74) is 1.20. The Kier molecular flexibility index (Phi) is 5.95. The van der Waals surface area contributed by atoms with E-state index in [0.29, 0.717) is 0 Å².